The highest BCUT2D eigenvalue weighted by molar-refractivity contribution is 7.77. The van der Waals surface area contributed by atoms with Crippen molar-refractivity contribution in [1.29, 1.82) is 0 Å². The van der Waals surface area contributed by atoms with Gasteiger partial charge < -0.3 is 4.74 Å². The van der Waals surface area contributed by atoms with Crippen LogP contribution in [0.3, 0.4) is 0 Å². The average molecular weight is 331 g/mol. The van der Waals surface area contributed by atoms with Gasteiger partial charge in [0.1, 0.15) is 5.69 Å². The molecule has 0 bridgehead atoms. The van der Waals surface area contributed by atoms with Crippen LogP contribution in [0.15, 0.2) is 16.5 Å². The lowest BCUT2D eigenvalue weighted by Crippen LogP contribution is -2.16. The predicted molar refractivity (Wildman–Crippen MR) is 73.6 cm³/mol. The highest BCUT2D eigenvalue weighted by atomic mass is 35.5. The summed E-state index contributed by atoms with van der Waals surface area (Å²) < 4.78 is 20.2. The molecule has 1 fully saturated rings. The van der Waals surface area contributed by atoms with Crippen molar-refractivity contribution >= 4 is 51.7 Å². The number of hydrogen-bond donors (Lipinski definition) is 0. The Balaban J connectivity index is 2.25. The summed E-state index contributed by atoms with van der Waals surface area (Å²) in [5, 5.41) is 1.19. The highest BCUT2D eigenvalue weighted by Gasteiger charge is 2.10. The molecule has 8 heteroatoms. The third-order valence-corrected chi connectivity index (χ3v) is 3.83. The first-order chi connectivity index (χ1) is 8.66. The van der Waals surface area contributed by atoms with Crippen molar-refractivity contribution in [3.63, 3.8) is 0 Å². The Morgan fingerprint density at radius 1 is 0.944 bits per heavy atom. The van der Waals surface area contributed by atoms with Crippen LogP contribution in [-0.2, 0) is 24.4 Å². The number of hydrogen-bond acceptors (Lipinski definition) is 4. The Morgan fingerprint density at radius 2 is 1.50 bits per heavy atom. The molecule has 0 radical (unpaired) electrons. The predicted octanol–water partition coefficient (Wildman–Crippen LogP) is 3.97. The third kappa shape index (κ3) is 4.06. The Bertz CT molecular complexity index is 437. The maximum Gasteiger partial charge on any atom is 0.182 e. The van der Waals surface area contributed by atoms with Gasteiger partial charge >= 0.3 is 0 Å². The number of benzene rings is 1. The number of nitrogens with zero attached hydrogens (tertiary/aromatic N) is 1. The van der Waals surface area contributed by atoms with E-state index >= 15 is 0 Å². The summed E-state index contributed by atoms with van der Waals surface area (Å²) in [6.45, 7) is 1.86. The van der Waals surface area contributed by atoms with Crippen LogP contribution in [-0.4, -0.2) is 26.4 Å². The van der Waals surface area contributed by atoms with Crippen LogP contribution in [0.25, 0.3) is 0 Å². The van der Waals surface area contributed by atoms with Gasteiger partial charge in [-0.15, -0.1) is 0 Å². The van der Waals surface area contributed by atoms with Gasteiger partial charge in [-0.3, -0.25) is 8.37 Å². The minimum Gasteiger partial charge on any atom is -0.377 e. The molecular formula is C10H10Cl3NO3S. The molecule has 1 aromatic carbocycles. The van der Waals surface area contributed by atoms with Gasteiger partial charge in [-0.1, -0.05) is 34.8 Å². The van der Waals surface area contributed by atoms with Gasteiger partial charge in [-0.25, -0.2) is 0 Å². The Morgan fingerprint density at radius 3 is 2.06 bits per heavy atom. The second-order valence-corrected chi connectivity index (χ2v) is 5.62. The zero-order valence-electron chi connectivity index (χ0n) is 9.20. The number of halogens is 3. The second kappa shape index (κ2) is 7.05. The quantitative estimate of drug-likeness (QED) is 0.782. The smallest absolute Gasteiger partial charge is 0.182 e. The summed E-state index contributed by atoms with van der Waals surface area (Å²) in [7, 11) is 0. The summed E-state index contributed by atoms with van der Waals surface area (Å²) in [6, 6.07) is 3.15. The molecule has 1 aliphatic heterocycles. The normalized spacial score (nSPS) is 18.2. The van der Waals surface area contributed by atoms with E-state index in [1.807, 2.05) is 0 Å². The van der Waals surface area contributed by atoms with Gasteiger partial charge in [0.25, 0.3) is 0 Å². The van der Waals surface area contributed by atoms with E-state index in [1.165, 1.54) is 0 Å². The zero-order chi connectivity index (χ0) is 13.0. The van der Waals surface area contributed by atoms with Gasteiger partial charge in [0.2, 0.25) is 0 Å². The van der Waals surface area contributed by atoms with Crippen molar-refractivity contribution in [3.8, 4) is 0 Å². The summed E-state index contributed by atoms with van der Waals surface area (Å²) in [4.78, 5) is 0. The molecule has 0 N–H and O–H groups in total. The molecule has 0 atom stereocenters. The Kier molecular flexibility index (Phi) is 5.69. The fourth-order valence-electron chi connectivity index (χ4n) is 1.21. The van der Waals surface area contributed by atoms with E-state index in [9.17, 15) is 0 Å². The van der Waals surface area contributed by atoms with E-state index in [2.05, 4.69) is 4.36 Å². The average Bonchev–Trinajstić information content (AvgIpc) is 2.25. The number of ether oxygens (including phenoxy) is 1. The molecule has 0 aliphatic carbocycles. The first-order valence-corrected chi connectivity index (χ1v) is 7.28. The molecule has 4 nitrogen and oxygen atoms in total. The van der Waals surface area contributed by atoms with Crippen LogP contribution in [0.4, 0.5) is 5.69 Å². The fraction of sp³-hybridized carbons (Fsp3) is 0.400. The van der Waals surface area contributed by atoms with Crippen LogP contribution in [0.5, 0.6) is 0 Å². The molecule has 0 unspecified atom stereocenters. The maximum atomic E-state index is 6.03. The Labute approximate surface area is 123 Å². The minimum atomic E-state index is -1.02. The first kappa shape index (κ1) is 14.5. The van der Waals surface area contributed by atoms with Crippen molar-refractivity contribution in [1.82, 2.24) is 0 Å². The molecule has 0 saturated carbocycles. The lowest BCUT2D eigenvalue weighted by Gasteiger charge is -2.13. The summed E-state index contributed by atoms with van der Waals surface area (Å²) >= 11 is 16.9. The lowest BCUT2D eigenvalue weighted by atomic mass is 10.3. The summed E-state index contributed by atoms with van der Waals surface area (Å²) in [5.74, 6) is 0. The summed E-state index contributed by atoms with van der Waals surface area (Å²) in [6.07, 6.45) is 0. The van der Waals surface area contributed by atoms with Crippen LogP contribution >= 0.6 is 34.8 Å². The third-order valence-electron chi connectivity index (χ3n) is 1.97. The van der Waals surface area contributed by atoms with E-state index in [4.69, 9.17) is 47.9 Å². The van der Waals surface area contributed by atoms with Crippen molar-refractivity contribution in [2.45, 2.75) is 0 Å². The minimum absolute atomic E-state index is 0.366. The SMILES string of the molecule is Clc1cc(Cl)c(N=S2OCCOCCO2)c(Cl)c1. The highest BCUT2D eigenvalue weighted by Crippen LogP contribution is 2.36. The molecule has 0 aromatic heterocycles. The molecule has 0 spiro atoms. The largest absolute Gasteiger partial charge is 0.377 e. The van der Waals surface area contributed by atoms with Crippen LogP contribution < -0.4 is 0 Å². The number of rotatable bonds is 1. The molecule has 2 rings (SSSR count). The first-order valence-electron chi connectivity index (χ1n) is 5.12. The van der Waals surface area contributed by atoms with Crippen LogP contribution in [0.1, 0.15) is 0 Å². The van der Waals surface area contributed by atoms with Gasteiger partial charge in [0.05, 0.1) is 36.5 Å². The molecule has 0 amide bonds. The maximum absolute atomic E-state index is 6.03. The molecular weight excluding hydrogens is 321 g/mol. The van der Waals surface area contributed by atoms with Crippen molar-refractivity contribution < 1.29 is 13.1 Å². The van der Waals surface area contributed by atoms with Crippen molar-refractivity contribution in [2.75, 3.05) is 26.4 Å². The Hall–Kier alpha value is 0.120. The fourth-order valence-corrected chi connectivity index (χ4v) is 3.16. The summed E-state index contributed by atoms with van der Waals surface area (Å²) in [5.41, 5.74) is 0.424. The van der Waals surface area contributed by atoms with Gasteiger partial charge in [0, 0.05) is 5.02 Å². The van der Waals surface area contributed by atoms with Crippen LogP contribution in [0.2, 0.25) is 15.1 Å². The van der Waals surface area contributed by atoms with E-state index in [-0.39, 0.29) is 0 Å². The topological polar surface area (TPSA) is 40.0 Å². The lowest BCUT2D eigenvalue weighted by molar-refractivity contribution is 0.0603. The van der Waals surface area contributed by atoms with Crippen LogP contribution in [0, 0.1) is 0 Å². The molecule has 1 aliphatic rings. The molecule has 1 heterocycles. The van der Waals surface area contributed by atoms with E-state index in [0.717, 1.165) is 0 Å². The molecule has 1 saturated heterocycles. The van der Waals surface area contributed by atoms with E-state index in [1.54, 1.807) is 12.1 Å². The molecule has 1 aromatic rings. The zero-order valence-corrected chi connectivity index (χ0v) is 12.3. The van der Waals surface area contributed by atoms with Crippen molar-refractivity contribution in [3.05, 3.63) is 27.2 Å². The van der Waals surface area contributed by atoms with E-state index in [0.29, 0.717) is 47.2 Å². The van der Waals surface area contributed by atoms with Crippen molar-refractivity contribution in [2.24, 2.45) is 4.36 Å². The van der Waals surface area contributed by atoms with Gasteiger partial charge in [-0.05, 0) is 12.1 Å². The monoisotopic (exact) mass is 329 g/mol. The van der Waals surface area contributed by atoms with Gasteiger partial charge in [-0.2, -0.15) is 4.36 Å². The second-order valence-electron chi connectivity index (χ2n) is 3.28. The molecule has 100 valence electrons. The van der Waals surface area contributed by atoms with E-state index < -0.39 is 11.3 Å². The molecule has 18 heavy (non-hydrogen) atoms. The van der Waals surface area contributed by atoms with Gasteiger partial charge in [0.15, 0.2) is 11.3 Å². The standard InChI is InChI=1S/C10H10Cl3NO3S/c11-7-5-8(12)10(9(13)6-7)14-18-16-3-1-15-2-4-17-18/h5-6H,1-4H2.